The predicted octanol–water partition coefficient (Wildman–Crippen LogP) is 1.47. The van der Waals surface area contributed by atoms with E-state index in [4.69, 9.17) is 10.8 Å². The molecule has 1 aliphatic rings. The van der Waals surface area contributed by atoms with Gasteiger partial charge in [-0.1, -0.05) is 30.3 Å². The Morgan fingerprint density at radius 1 is 1.16 bits per heavy atom. The van der Waals surface area contributed by atoms with Gasteiger partial charge in [-0.15, -0.1) is 12.4 Å². The predicted molar refractivity (Wildman–Crippen MR) is 71.3 cm³/mol. The number of halogens is 1. The van der Waals surface area contributed by atoms with Crippen molar-refractivity contribution in [2.24, 2.45) is 11.7 Å². The molecule has 1 aliphatic carbocycles. The van der Waals surface area contributed by atoms with Crippen LogP contribution in [0.15, 0.2) is 30.3 Å². The largest absolute Gasteiger partial charge is 0.481 e. The number of nitrogens with two attached hydrogens (primary N) is 1. The summed E-state index contributed by atoms with van der Waals surface area (Å²) in [5.41, 5.74) is 5.19. The van der Waals surface area contributed by atoms with Crippen LogP contribution in [0, 0.1) is 5.92 Å². The van der Waals surface area contributed by atoms with E-state index in [1.807, 2.05) is 30.3 Å². The van der Waals surface area contributed by atoms with Crippen molar-refractivity contribution in [1.29, 1.82) is 0 Å². The number of benzene rings is 1. The second-order valence-corrected chi connectivity index (χ2v) is 4.83. The Hall–Kier alpha value is -1.59. The third kappa shape index (κ3) is 2.88. The average Bonchev–Trinajstić information content (AvgIpc) is 2.70. The van der Waals surface area contributed by atoms with E-state index in [1.54, 1.807) is 0 Å². The van der Waals surface area contributed by atoms with Crippen molar-refractivity contribution in [3.05, 3.63) is 35.9 Å². The van der Waals surface area contributed by atoms with Crippen molar-refractivity contribution in [2.75, 3.05) is 0 Å². The second kappa shape index (κ2) is 5.59. The van der Waals surface area contributed by atoms with Crippen LogP contribution in [0.5, 0.6) is 0 Å². The Bertz CT molecular complexity index is 479. The van der Waals surface area contributed by atoms with Crippen molar-refractivity contribution in [3.8, 4) is 0 Å². The van der Waals surface area contributed by atoms with E-state index < -0.39 is 23.4 Å². The number of aliphatic carboxylic acids is 2. The fourth-order valence-electron chi connectivity index (χ4n) is 2.64. The molecule has 19 heavy (non-hydrogen) atoms. The summed E-state index contributed by atoms with van der Waals surface area (Å²) in [5.74, 6) is -3.21. The first kappa shape index (κ1) is 15.5. The first-order valence-electron chi connectivity index (χ1n) is 5.74. The third-order valence-electron chi connectivity index (χ3n) is 3.62. The highest BCUT2D eigenvalue weighted by Gasteiger charge is 2.50. The summed E-state index contributed by atoms with van der Waals surface area (Å²) in [6, 6.07) is 9.08. The van der Waals surface area contributed by atoms with Crippen LogP contribution >= 0.6 is 12.4 Å². The summed E-state index contributed by atoms with van der Waals surface area (Å²) >= 11 is 0. The van der Waals surface area contributed by atoms with Crippen LogP contribution in [0.2, 0.25) is 0 Å². The van der Waals surface area contributed by atoms with Crippen molar-refractivity contribution >= 4 is 24.3 Å². The molecular formula is C13H16ClNO4. The minimum absolute atomic E-state index is 0. The Morgan fingerprint density at radius 3 is 2.21 bits per heavy atom. The number of carboxylic acids is 2. The van der Waals surface area contributed by atoms with Gasteiger partial charge in [0.25, 0.3) is 0 Å². The maximum atomic E-state index is 11.2. The molecule has 3 atom stereocenters. The molecule has 1 aromatic rings. The molecule has 1 fully saturated rings. The summed E-state index contributed by atoms with van der Waals surface area (Å²) in [6.45, 7) is 0. The molecule has 5 nitrogen and oxygen atoms in total. The second-order valence-electron chi connectivity index (χ2n) is 4.83. The molecule has 4 N–H and O–H groups in total. The normalized spacial score (nSPS) is 29.5. The van der Waals surface area contributed by atoms with Gasteiger partial charge in [0, 0.05) is 0 Å². The van der Waals surface area contributed by atoms with E-state index in [1.165, 1.54) is 0 Å². The lowest BCUT2D eigenvalue weighted by molar-refractivity contribution is -0.144. The lowest BCUT2D eigenvalue weighted by Gasteiger charge is -2.18. The zero-order chi connectivity index (χ0) is 13.3. The molecular weight excluding hydrogens is 270 g/mol. The lowest BCUT2D eigenvalue weighted by atomic mass is 9.89. The summed E-state index contributed by atoms with van der Waals surface area (Å²) < 4.78 is 0. The quantitative estimate of drug-likeness (QED) is 0.781. The molecule has 1 saturated carbocycles. The number of hydrogen-bond donors (Lipinski definition) is 3. The summed E-state index contributed by atoms with van der Waals surface area (Å²) in [7, 11) is 0. The Balaban J connectivity index is 0.00000180. The maximum Gasteiger partial charge on any atom is 0.323 e. The van der Waals surface area contributed by atoms with Gasteiger partial charge in [-0.3, -0.25) is 9.59 Å². The molecule has 0 radical (unpaired) electrons. The molecule has 0 aromatic heterocycles. The first-order chi connectivity index (χ1) is 8.44. The van der Waals surface area contributed by atoms with Gasteiger partial charge in [-0.05, 0) is 24.3 Å². The van der Waals surface area contributed by atoms with Gasteiger partial charge in [0.2, 0.25) is 0 Å². The summed E-state index contributed by atoms with van der Waals surface area (Å²) in [4.78, 5) is 22.4. The van der Waals surface area contributed by atoms with Gasteiger partial charge < -0.3 is 15.9 Å². The topological polar surface area (TPSA) is 101 Å². The van der Waals surface area contributed by atoms with Crippen LogP contribution in [-0.2, 0) is 9.59 Å². The third-order valence-corrected chi connectivity index (χ3v) is 3.62. The van der Waals surface area contributed by atoms with Crippen molar-refractivity contribution in [3.63, 3.8) is 0 Å². The van der Waals surface area contributed by atoms with Gasteiger partial charge in [0.15, 0.2) is 0 Å². The van der Waals surface area contributed by atoms with Crippen LogP contribution < -0.4 is 5.73 Å². The molecule has 0 saturated heterocycles. The number of hydrogen-bond acceptors (Lipinski definition) is 3. The van der Waals surface area contributed by atoms with E-state index in [2.05, 4.69) is 0 Å². The Kier molecular flexibility index (Phi) is 4.55. The smallest absolute Gasteiger partial charge is 0.323 e. The van der Waals surface area contributed by atoms with Crippen LogP contribution in [-0.4, -0.2) is 27.7 Å². The minimum atomic E-state index is -1.44. The Labute approximate surface area is 116 Å². The van der Waals surface area contributed by atoms with Crippen LogP contribution in [0.1, 0.15) is 24.3 Å². The van der Waals surface area contributed by atoms with Gasteiger partial charge >= 0.3 is 11.9 Å². The zero-order valence-electron chi connectivity index (χ0n) is 10.2. The number of rotatable bonds is 3. The molecule has 0 amide bonds. The molecule has 0 aliphatic heterocycles. The standard InChI is InChI=1S/C13H15NO4.ClH/c14-13(12(17)18)6-9(10(7-13)11(15)16)8-4-2-1-3-5-8;/h1-5,9-10H,6-7,14H2,(H,15,16)(H,17,18);1H/t9-,10+,13-;/m0./s1. The van der Waals surface area contributed by atoms with E-state index in [-0.39, 0.29) is 31.2 Å². The van der Waals surface area contributed by atoms with Crippen molar-refractivity contribution < 1.29 is 19.8 Å². The maximum absolute atomic E-state index is 11.2. The number of carbonyl (C=O) groups is 2. The molecule has 6 heteroatoms. The monoisotopic (exact) mass is 285 g/mol. The van der Waals surface area contributed by atoms with Crippen molar-refractivity contribution in [1.82, 2.24) is 0 Å². The minimum Gasteiger partial charge on any atom is -0.481 e. The summed E-state index contributed by atoms with van der Waals surface area (Å²) in [6.07, 6.45) is 0.126. The van der Waals surface area contributed by atoms with Crippen LogP contribution in [0.25, 0.3) is 0 Å². The van der Waals surface area contributed by atoms with Crippen molar-refractivity contribution in [2.45, 2.75) is 24.3 Å². The first-order valence-corrected chi connectivity index (χ1v) is 5.74. The molecule has 0 heterocycles. The highest BCUT2D eigenvalue weighted by Crippen LogP contribution is 2.44. The summed E-state index contributed by atoms with van der Waals surface area (Å²) in [5, 5.41) is 18.3. The molecule has 0 spiro atoms. The van der Waals surface area contributed by atoms with Gasteiger partial charge in [0.1, 0.15) is 5.54 Å². The Morgan fingerprint density at radius 2 is 1.74 bits per heavy atom. The molecule has 0 bridgehead atoms. The van der Waals surface area contributed by atoms with E-state index in [9.17, 15) is 14.7 Å². The lowest BCUT2D eigenvalue weighted by Crippen LogP contribution is -2.45. The molecule has 0 unspecified atom stereocenters. The van der Waals surface area contributed by atoms with Crippen LogP contribution in [0.3, 0.4) is 0 Å². The average molecular weight is 286 g/mol. The highest BCUT2D eigenvalue weighted by atomic mass is 35.5. The molecule has 104 valence electrons. The van der Waals surface area contributed by atoms with Gasteiger partial charge in [-0.2, -0.15) is 0 Å². The van der Waals surface area contributed by atoms with E-state index in [0.29, 0.717) is 0 Å². The zero-order valence-corrected chi connectivity index (χ0v) is 11.0. The van der Waals surface area contributed by atoms with Gasteiger partial charge in [0.05, 0.1) is 5.92 Å². The fraction of sp³-hybridized carbons (Fsp3) is 0.385. The molecule has 2 rings (SSSR count). The fourth-order valence-corrected chi connectivity index (χ4v) is 2.64. The molecule has 1 aromatic carbocycles. The van der Waals surface area contributed by atoms with Gasteiger partial charge in [-0.25, -0.2) is 0 Å². The highest BCUT2D eigenvalue weighted by molar-refractivity contribution is 5.85. The SMILES string of the molecule is Cl.N[C@]1(C(=O)O)C[C@@H](C(=O)O)[C@H](c2ccccc2)C1. The van der Waals surface area contributed by atoms with E-state index in [0.717, 1.165) is 5.56 Å². The number of carboxylic acid groups (broad SMARTS) is 2. The van der Waals surface area contributed by atoms with E-state index >= 15 is 0 Å². The van der Waals surface area contributed by atoms with Crippen LogP contribution in [0.4, 0.5) is 0 Å².